The number of hydrogen-bond donors (Lipinski definition) is 2. The van der Waals surface area contributed by atoms with E-state index < -0.39 is 5.41 Å². The van der Waals surface area contributed by atoms with E-state index in [2.05, 4.69) is 24.1 Å². The topological polar surface area (TPSA) is 136 Å². The number of rotatable bonds is 7. The van der Waals surface area contributed by atoms with Crippen LogP contribution < -0.4 is 10.6 Å². The van der Waals surface area contributed by atoms with Crippen LogP contribution in [0.4, 0.5) is 0 Å². The van der Waals surface area contributed by atoms with Gasteiger partial charge in [-0.3, -0.25) is 14.4 Å². The molecule has 246 valence electrons. The number of esters is 2. The summed E-state index contributed by atoms with van der Waals surface area (Å²) in [6.45, 7) is 12.9. The van der Waals surface area contributed by atoms with E-state index in [1.54, 1.807) is 0 Å². The Hall–Kier alpha value is -2.98. The minimum Gasteiger partial charge on any atom is -0.459 e. The highest BCUT2D eigenvalue weighted by Crippen LogP contribution is 2.53. The molecule has 45 heavy (non-hydrogen) atoms. The van der Waals surface area contributed by atoms with E-state index in [4.69, 9.17) is 18.9 Å². The van der Waals surface area contributed by atoms with Crippen molar-refractivity contribution in [1.82, 2.24) is 10.6 Å². The van der Waals surface area contributed by atoms with Gasteiger partial charge >= 0.3 is 11.9 Å². The van der Waals surface area contributed by atoms with Gasteiger partial charge < -0.3 is 29.6 Å². The number of allylic oxidation sites excluding steroid dienone is 2. The molecule has 0 unspecified atom stereocenters. The maximum Gasteiger partial charge on any atom is 0.334 e. The average Bonchev–Trinajstić information content (AvgIpc) is 3.81. The van der Waals surface area contributed by atoms with Crippen molar-refractivity contribution in [3.8, 4) is 0 Å². The van der Waals surface area contributed by atoms with Crippen LogP contribution in [0, 0.1) is 17.3 Å². The normalized spacial score (nSPS) is 40.8. The van der Waals surface area contributed by atoms with Gasteiger partial charge in [0, 0.05) is 41.6 Å². The van der Waals surface area contributed by atoms with Crippen molar-refractivity contribution in [2.45, 2.75) is 128 Å². The van der Waals surface area contributed by atoms with Gasteiger partial charge in [0.25, 0.3) is 0 Å². The van der Waals surface area contributed by atoms with E-state index >= 15 is 0 Å². The first-order valence-corrected chi connectivity index (χ1v) is 16.7. The molecule has 6 rings (SSSR count). The lowest BCUT2D eigenvalue weighted by Crippen LogP contribution is -2.34. The van der Waals surface area contributed by atoms with Gasteiger partial charge in [0.1, 0.15) is 24.4 Å². The number of hydrogen-bond acceptors (Lipinski definition) is 8. The molecule has 4 fully saturated rings. The zero-order valence-electron chi connectivity index (χ0n) is 27.1. The van der Waals surface area contributed by atoms with Gasteiger partial charge in [-0.05, 0) is 91.9 Å². The Balaban J connectivity index is 0.953. The Morgan fingerprint density at radius 1 is 0.822 bits per heavy atom. The zero-order chi connectivity index (χ0) is 32.1. The Morgan fingerprint density at radius 2 is 1.36 bits per heavy atom. The van der Waals surface area contributed by atoms with Crippen LogP contribution in [0.25, 0.3) is 0 Å². The molecule has 2 aliphatic carbocycles. The fourth-order valence-electron chi connectivity index (χ4n) is 7.89. The molecule has 0 aromatic carbocycles. The fourth-order valence-corrected chi connectivity index (χ4v) is 7.89. The number of unbranched alkanes of at least 4 members (excludes halogenated alkanes) is 1. The minimum atomic E-state index is -0.610. The molecule has 8 atom stereocenters. The third-order valence-corrected chi connectivity index (χ3v) is 11.2. The number of carbonyl (C=O) groups is 4. The van der Waals surface area contributed by atoms with Crippen molar-refractivity contribution in [2.75, 3.05) is 13.1 Å². The average molecular weight is 625 g/mol. The Morgan fingerprint density at radius 3 is 1.93 bits per heavy atom. The SMILES string of the molecule is C=C1C(=O)O[C@H]2[C@H]1CC/C(C(=O)NCCCCNC(=O)/C1=C/CC[C@@]3(C)O[C@H]3[C@H]3OC(=O)C(C)(C)[C@@H]3CC1)=C\CC[C@@]1(C)O[C@@H]21. The smallest absolute Gasteiger partial charge is 0.334 e. The largest absolute Gasteiger partial charge is 0.459 e. The summed E-state index contributed by atoms with van der Waals surface area (Å²) in [6.07, 6.45) is 10.1. The molecule has 10 heteroatoms. The molecule has 0 bridgehead atoms. The predicted molar refractivity (Wildman–Crippen MR) is 165 cm³/mol. The molecule has 0 spiro atoms. The predicted octanol–water partition coefficient (Wildman–Crippen LogP) is 3.98. The molecule has 2 amide bonds. The Labute approximate surface area is 265 Å². The second-order valence-electron chi connectivity index (χ2n) is 14.7. The first kappa shape index (κ1) is 32.0. The molecular formula is C35H48N2O8. The summed E-state index contributed by atoms with van der Waals surface area (Å²) in [7, 11) is 0. The van der Waals surface area contributed by atoms with Gasteiger partial charge in [0.2, 0.25) is 11.8 Å². The zero-order valence-corrected chi connectivity index (χ0v) is 27.1. The first-order chi connectivity index (χ1) is 21.3. The maximum absolute atomic E-state index is 13.2. The fraction of sp³-hybridized carbons (Fsp3) is 0.714. The molecule has 4 saturated heterocycles. The van der Waals surface area contributed by atoms with Crippen LogP contribution in [0.15, 0.2) is 35.5 Å². The van der Waals surface area contributed by atoms with Crippen molar-refractivity contribution < 1.29 is 38.1 Å². The van der Waals surface area contributed by atoms with Gasteiger partial charge in [-0.25, -0.2) is 4.79 Å². The summed E-state index contributed by atoms with van der Waals surface area (Å²) < 4.78 is 23.4. The lowest BCUT2D eigenvalue weighted by atomic mass is 9.73. The van der Waals surface area contributed by atoms with Crippen LogP contribution in [-0.4, -0.2) is 72.5 Å². The molecule has 0 aromatic rings. The van der Waals surface area contributed by atoms with E-state index in [1.165, 1.54) is 0 Å². The van der Waals surface area contributed by atoms with Gasteiger partial charge in [0.05, 0.1) is 16.6 Å². The first-order valence-electron chi connectivity index (χ1n) is 16.7. The Bertz CT molecular complexity index is 1330. The summed E-state index contributed by atoms with van der Waals surface area (Å²) in [5.74, 6) is -0.870. The molecule has 6 aliphatic rings. The number of nitrogens with one attached hydrogen (secondary N) is 2. The van der Waals surface area contributed by atoms with Gasteiger partial charge in [-0.2, -0.15) is 0 Å². The quantitative estimate of drug-likeness (QED) is 0.188. The highest BCUT2D eigenvalue weighted by Gasteiger charge is 2.65. The van der Waals surface area contributed by atoms with Crippen LogP contribution in [-0.2, 0) is 38.1 Å². The third kappa shape index (κ3) is 6.24. The number of ether oxygens (including phenoxy) is 4. The monoisotopic (exact) mass is 624 g/mol. The van der Waals surface area contributed by atoms with Crippen LogP contribution in [0.1, 0.15) is 91.9 Å². The third-order valence-electron chi connectivity index (χ3n) is 11.2. The van der Waals surface area contributed by atoms with Crippen molar-refractivity contribution in [3.63, 3.8) is 0 Å². The summed E-state index contributed by atoms with van der Waals surface area (Å²) in [4.78, 5) is 51.1. The van der Waals surface area contributed by atoms with Crippen LogP contribution in [0.2, 0.25) is 0 Å². The molecule has 0 aromatic heterocycles. The van der Waals surface area contributed by atoms with Crippen molar-refractivity contribution in [1.29, 1.82) is 0 Å². The molecule has 0 radical (unpaired) electrons. The highest BCUT2D eigenvalue weighted by molar-refractivity contribution is 5.94. The van der Waals surface area contributed by atoms with Crippen LogP contribution in [0.5, 0.6) is 0 Å². The van der Waals surface area contributed by atoms with E-state index in [0.717, 1.165) is 49.7 Å². The standard InChI is InChI=1S/C35H48N2O8/c1-20-23-14-12-21(10-8-16-34(4)27(44-34)25(23)42-31(20)40)29(38)36-18-6-7-19-37-30(39)22-11-9-17-35(5)28(45-35)26-24(15-13-22)33(2,3)32(41)43-26/h10-11,23-28H,1,6-9,12-19H2,2-5H3,(H,36,38)(H,37,39)/b21-10+,22-11+/t23-,24+,25-,26-,27-,28-,34+,35+/m0/s1. The van der Waals surface area contributed by atoms with Crippen molar-refractivity contribution in [2.24, 2.45) is 17.3 Å². The summed E-state index contributed by atoms with van der Waals surface area (Å²) in [5.41, 5.74) is 0.671. The van der Waals surface area contributed by atoms with Gasteiger partial charge in [-0.1, -0.05) is 18.7 Å². The van der Waals surface area contributed by atoms with Crippen molar-refractivity contribution >= 4 is 23.8 Å². The van der Waals surface area contributed by atoms with Gasteiger partial charge in [0.15, 0.2) is 0 Å². The summed E-state index contributed by atoms with van der Waals surface area (Å²) in [5, 5.41) is 6.09. The number of fused-ring (bicyclic) bond motifs is 6. The minimum absolute atomic E-state index is 0.00667. The van der Waals surface area contributed by atoms with E-state index in [0.29, 0.717) is 44.3 Å². The molecule has 4 aliphatic heterocycles. The second-order valence-corrected chi connectivity index (χ2v) is 14.7. The maximum atomic E-state index is 13.2. The number of carbonyl (C=O) groups excluding carboxylic acids is 4. The Kier molecular flexibility index (Phi) is 8.52. The van der Waals surface area contributed by atoms with Crippen molar-refractivity contribution in [3.05, 3.63) is 35.5 Å². The summed E-state index contributed by atoms with van der Waals surface area (Å²) >= 11 is 0. The van der Waals surface area contributed by atoms with E-state index in [-0.39, 0.29) is 71.2 Å². The lowest BCUT2D eigenvalue weighted by Gasteiger charge is -2.26. The second kappa shape index (κ2) is 12.0. The van der Waals surface area contributed by atoms with E-state index in [9.17, 15) is 19.2 Å². The van der Waals surface area contributed by atoms with E-state index in [1.807, 2.05) is 32.9 Å². The van der Waals surface area contributed by atoms with Crippen LogP contribution >= 0.6 is 0 Å². The lowest BCUT2D eigenvalue weighted by molar-refractivity contribution is -0.148. The molecule has 0 saturated carbocycles. The number of amides is 2. The van der Waals surface area contributed by atoms with Crippen LogP contribution in [0.3, 0.4) is 0 Å². The molecule has 4 heterocycles. The van der Waals surface area contributed by atoms with Gasteiger partial charge in [-0.15, -0.1) is 0 Å². The molecule has 10 nitrogen and oxygen atoms in total. The highest BCUT2D eigenvalue weighted by atomic mass is 16.7. The number of epoxide rings is 2. The summed E-state index contributed by atoms with van der Waals surface area (Å²) in [6, 6.07) is 0. The molecular weight excluding hydrogens is 576 g/mol. The molecule has 2 N–H and O–H groups in total.